The minimum Gasteiger partial charge on any atom is -0.444 e. The number of nitrogens with one attached hydrogen (secondary N) is 1. The van der Waals surface area contributed by atoms with Crippen LogP contribution in [-0.2, 0) is 4.74 Å². The average molecular weight is 310 g/mol. The van der Waals surface area contributed by atoms with Crippen LogP contribution in [0.3, 0.4) is 0 Å². The molecule has 2 aliphatic rings. The lowest BCUT2D eigenvalue weighted by atomic mass is 9.81. The van der Waals surface area contributed by atoms with Gasteiger partial charge in [0.05, 0.1) is 0 Å². The molecule has 1 aliphatic carbocycles. The first-order chi connectivity index (χ1) is 10.4. The number of hydrogen-bond donors (Lipinski definition) is 1. The summed E-state index contributed by atoms with van der Waals surface area (Å²) in [6.07, 6.45) is 9.20. The van der Waals surface area contributed by atoms with E-state index in [1.165, 1.54) is 38.5 Å². The zero-order valence-corrected chi connectivity index (χ0v) is 14.9. The minimum absolute atomic E-state index is 0.150. The number of carbonyl (C=O) groups excluding carboxylic acids is 1. The van der Waals surface area contributed by atoms with Crippen molar-refractivity contribution < 1.29 is 9.53 Å². The molecule has 4 nitrogen and oxygen atoms in total. The van der Waals surface area contributed by atoms with Crippen LogP contribution in [0.4, 0.5) is 4.79 Å². The smallest absolute Gasteiger partial charge is 0.410 e. The molecule has 128 valence electrons. The summed E-state index contributed by atoms with van der Waals surface area (Å²) in [5, 5.41) is 3.52. The average Bonchev–Trinajstić information content (AvgIpc) is 2.94. The molecule has 2 rings (SSSR count). The Morgan fingerprint density at radius 3 is 2.50 bits per heavy atom. The number of nitrogens with zero attached hydrogens (tertiary/aromatic N) is 1. The van der Waals surface area contributed by atoms with Crippen molar-refractivity contribution in [3.05, 3.63) is 0 Å². The van der Waals surface area contributed by atoms with Crippen LogP contribution >= 0.6 is 0 Å². The van der Waals surface area contributed by atoms with Gasteiger partial charge in [0.2, 0.25) is 0 Å². The van der Waals surface area contributed by atoms with E-state index in [0.29, 0.717) is 12.0 Å². The maximum absolute atomic E-state index is 12.2. The molecule has 1 saturated carbocycles. The zero-order valence-electron chi connectivity index (χ0n) is 14.9. The highest BCUT2D eigenvalue weighted by Crippen LogP contribution is 2.31. The van der Waals surface area contributed by atoms with Crippen molar-refractivity contribution in [3.63, 3.8) is 0 Å². The molecule has 0 radical (unpaired) electrons. The highest BCUT2D eigenvalue weighted by molar-refractivity contribution is 5.68. The molecule has 1 N–H and O–H groups in total. The minimum atomic E-state index is -0.403. The summed E-state index contributed by atoms with van der Waals surface area (Å²) in [5.74, 6) is 1.45. The molecule has 1 saturated heterocycles. The number of amides is 1. The van der Waals surface area contributed by atoms with Crippen LogP contribution in [0.25, 0.3) is 0 Å². The van der Waals surface area contributed by atoms with Gasteiger partial charge in [-0.15, -0.1) is 0 Å². The SMILES string of the molecule is CNC(CC1CCCCC1)C1CCN(C(=O)OC(C)(C)C)C1. The van der Waals surface area contributed by atoms with Gasteiger partial charge in [-0.3, -0.25) is 0 Å². The fraction of sp³-hybridized carbons (Fsp3) is 0.944. The largest absolute Gasteiger partial charge is 0.444 e. The van der Waals surface area contributed by atoms with E-state index in [4.69, 9.17) is 4.74 Å². The van der Waals surface area contributed by atoms with Gasteiger partial charge in [-0.25, -0.2) is 4.79 Å². The van der Waals surface area contributed by atoms with Crippen molar-refractivity contribution in [2.24, 2.45) is 11.8 Å². The molecular formula is C18H34N2O2. The normalized spacial score (nSPS) is 25.3. The quantitative estimate of drug-likeness (QED) is 0.858. The van der Waals surface area contributed by atoms with Crippen molar-refractivity contribution in [1.29, 1.82) is 0 Å². The molecule has 0 aromatic rings. The van der Waals surface area contributed by atoms with Gasteiger partial charge in [-0.05, 0) is 52.5 Å². The van der Waals surface area contributed by atoms with Crippen LogP contribution in [0.2, 0.25) is 0 Å². The van der Waals surface area contributed by atoms with Crippen molar-refractivity contribution in [3.8, 4) is 0 Å². The zero-order chi connectivity index (χ0) is 16.2. The summed E-state index contributed by atoms with van der Waals surface area (Å²) >= 11 is 0. The molecule has 1 aliphatic heterocycles. The third kappa shape index (κ3) is 5.15. The second kappa shape index (κ2) is 7.67. The maximum Gasteiger partial charge on any atom is 0.410 e. The Morgan fingerprint density at radius 2 is 1.91 bits per heavy atom. The molecule has 0 aromatic carbocycles. The van der Waals surface area contributed by atoms with Crippen LogP contribution in [-0.4, -0.2) is 42.8 Å². The van der Waals surface area contributed by atoms with Gasteiger partial charge in [0, 0.05) is 19.1 Å². The van der Waals surface area contributed by atoms with E-state index in [2.05, 4.69) is 12.4 Å². The molecule has 2 fully saturated rings. The van der Waals surface area contributed by atoms with E-state index < -0.39 is 5.60 Å². The summed E-state index contributed by atoms with van der Waals surface area (Å²) in [5.41, 5.74) is -0.403. The van der Waals surface area contributed by atoms with Crippen molar-refractivity contribution in [2.75, 3.05) is 20.1 Å². The first kappa shape index (κ1) is 17.6. The Hall–Kier alpha value is -0.770. The molecule has 4 heteroatoms. The highest BCUT2D eigenvalue weighted by atomic mass is 16.6. The van der Waals surface area contributed by atoms with Gasteiger partial charge in [0.25, 0.3) is 0 Å². The Morgan fingerprint density at radius 1 is 1.23 bits per heavy atom. The Kier molecular flexibility index (Phi) is 6.13. The summed E-state index contributed by atoms with van der Waals surface area (Å²) in [6.45, 7) is 7.46. The number of hydrogen-bond acceptors (Lipinski definition) is 3. The monoisotopic (exact) mass is 310 g/mol. The van der Waals surface area contributed by atoms with Crippen LogP contribution in [0.5, 0.6) is 0 Å². The number of ether oxygens (including phenoxy) is 1. The first-order valence-corrected chi connectivity index (χ1v) is 9.04. The molecule has 1 amide bonds. The van der Waals surface area contributed by atoms with Crippen LogP contribution < -0.4 is 5.32 Å². The lowest BCUT2D eigenvalue weighted by Gasteiger charge is -2.30. The van der Waals surface area contributed by atoms with E-state index in [1.807, 2.05) is 25.7 Å². The molecule has 0 spiro atoms. The standard InChI is InChI=1S/C18H34N2O2/c1-18(2,3)22-17(21)20-11-10-15(13-20)16(19-4)12-14-8-6-5-7-9-14/h14-16,19H,5-13H2,1-4H3. The van der Waals surface area contributed by atoms with Gasteiger partial charge in [-0.1, -0.05) is 32.1 Å². The topological polar surface area (TPSA) is 41.6 Å². The Labute approximate surface area is 136 Å². The number of likely N-dealkylation sites (tertiary alicyclic amines) is 1. The summed E-state index contributed by atoms with van der Waals surface area (Å²) in [7, 11) is 2.07. The Balaban J connectivity index is 1.83. The van der Waals surface area contributed by atoms with E-state index in [9.17, 15) is 4.79 Å². The van der Waals surface area contributed by atoms with Crippen molar-refractivity contribution >= 4 is 6.09 Å². The van der Waals surface area contributed by atoms with Gasteiger partial charge in [0.1, 0.15) is 5.60 Å². The molecular weight excluding hydrogens is 276 g/mol. The third-order valence-electron chi connectivity index (χ3n) is 5.13. The molecule has 2 atom stereocenters. The third-order valence-corrected chi connectivity index (χ3v) is 5.13. The molecule has 0 aromatic heterocycles. The molecule has 1 heterocycles. The van der Waals surface area contributed by atoms with E-state index >= 15 is 0 Å². The summed E-state index contributed by atoms with van der Waals surface area (Å²) < 4.78 is 5.50. The second-order valence-corrected chi connectivity index (χ2v) is 8.11. The second-order valence-electron chi connectivity index (χ2n) is 8.11. The highest BCUT2D eigenvalue weighted by Gasteiger charge is 2.34. The van der Waals surface area contributed by atoms with Gasteiger partial charge < -0.3 is 15.0 Å². The van der Waals surface area contributed by atoms with Crippen molar-refractivity contribution in [1.82, 2.24) is 10.2 Å². The van der Waals surface area contributed by atoms with Gasteiger partial charge in [-0.2, -0.15) is 0 Å². The summed E-state index contributed by atoms with van der Waals surface area (Å²) in [6, 6.07) is 0.538. The van der Waals surface area contributed by atoms with Crippen LogP contribution in [0.15, 0.2) is 0 Å². The molecule has 22 heavy (non-hydrogen) atoms. The lowest BCUT2D eigenvalue weighted by Crippen LogP contribution is -2.39. The molecule has 2 unspecified atom stereocenters. The lowest BCUT2D eigenvalue weighted by molar-refractivity contribution is 0.0284. The summed E-state index contributed by atoms with van der Waals surface area (Å²) in [4.78, 5) is 14.1. The van der Waals surface area contributed by atoms with Crippen LogP contribution in [0.1, 0.15) is 65.7 Å². The number of carbonyl (C=O) groups is 1. The Bertz CT molecular complexity index is 359. The molecule has 0 bridgehead atoms. The predicted molar refractivity (Wildman–Crippen MR) is 90.0 cm³/mol. The number of rotatable bonds is 4. The van der Waals surface area contributed by atoms with Crippen LogP contribution in [0, 0.1) is 11.8 Å². The van der Waals surface area contributed by atoms with E-state index in [-0.39, 0.29) is 6.09 Å². The van der Waals surface area contributed by atoms with E-state index in [0.717, 1.165) is 25.4 Å². The maximum atomic E-state index is 12.2. The predicted octanol–water partition coefficient (Wildman–Crippen LogP) is 3.80. The first-order valence-electron chi connectivity index (χ1n) is 9.04. The van der Waals surface area contributed by atoms with Crippen molar-refractivity contribution in [2.45, 2.75) is 77.4 Å². The van der Waals surface area contributed by atoms with Gasteiger partial charge in [0.15, 0.2) is 0 Å². The fourth-order valence-electron chi connectivity index (χ4n) is 3.94. The van der Waals surface area contributed by atoms with Gasteiger partial charge >= 0.3 is 6.09 Å². The van der Waals surface area contributed by atoms with E-state index in [1.54, 1.807) is 0 Å². The fourth-order valence-corrected chi connectivity index (χ4v) is 3.94.